The summed E-state index contributed by atoms with van der Waals surface area (Å²) >= 11 is 0. The third kappa shape index (κ3) is 1.62. The Balaban J connectivity index is 1.78. The Bertz CT molecular complexity index is 169. The lowest BCUT2D eigenvalue weighted by atomic mass is 10.0. The van der Waals surface area contributed by atoms with Gasteiger partial charge in [-0.3, -0.25) is 0 Å². The van der Waals surface area contributed by atoms with Crippen LogP contribution < -0.4 is 5.73 Å². The topological polar surface area (TPSA) is 35.2 Å². The molecule has 2 heteroatoms. The van der Waals surface area contributed by atoms with Crippen molar-refractivity contribution in [1.82, 2.24) is 0 Å². The summed E-state index contributed by atoms with van der Waals surface area (Å²) in [6.45, 7) is 3.73. The minimum Gasteiger partial charge on any atom is -0.382 e. The van der Waals surface area contributed by atoms with Crippen molar-refractivity contribution in [2.24, 2.45) is 17.6 Å². The van der Waals surface area contributed by atoms with E-state index in [9.17, 15) is 0 Å². The van der Waals surface area contributed by atoms with Crippen LogP contribution in [-0.4, -0.2) is 18.8 Å². The number of fused-ring (bicyclic) bond motifs is 1. The van der Waals surface area contributed by atoms with Crippen LogP contribution in [0.4, 0.5) is 0 Å². The number of ether oxygens (including phenoxy) is 1. The Kier molecular flexibility index (Phi) is 2.61. The van der Waals surface area contributed by atoms with Crippen molar-refractivity contribution >= 4 is 0 Å². The van der Waals surface area contributed by atoms with E-state index in [1.807, 2.05) is 6.92 Å². The van der Waals surface area contributed by atoms with E-state index in [2.05, 4.69) is 0 Å². The lowest BCUT2D eigenvalue weighted by Crippen LogP contribution is -2.28. The Labute approximate surface area is 80.8 Å². The normalized spacial score (nSPS) is 42.9. The number of hydrogen-bond donors (Lipinski definition) is 1. The Morgan fingerprint density at radius 3 is 2.46 bits per heavy atom. The van der Waals surface area contributed by atoms with Gasteiger partial charge in [0.1, 0.15) is 0 Å². The summed E-state index contributed by atoms with van der Waals surface area (Å²) in [6.07, 6.45) is 6.61. The molecule has 0 saturated heterocycles. The third-order valence-corrected chi connectivity index (χ3v) is 3.92. The molecule has 2 N–H and O–H groups in total. The molecule has 2 fully saturated rings. The van der Waals surface area contributed by atoms with Crippen molar-refractivity contribution in [2.75, 3.05) is 13.2 Å². The van der Waals surface area contributed by atoms with Gasteiger partial charge in [0.25, 0.3) is 0 Å². The first-order valence-corrected chi connectivity index (χ1v) is 5.65. The van der Waals surface area contributed by atoms with Crippen LogP contribution in [0.15, 0.2) is 0 Å². The molecule has 2 unspecified atom stereocenters. The zero-order chi connectivity index (χ0) is 9.31. The van der Waals surface area contributed by atoms with Gasteiger partial charge in [0.15, 0.2) is 0 Å². The van der Waals surface area contributed by atoms with Gasteiger partial charge in [-0.15, -0.1) is 0 Å². The van der Waals surface area contributed by atoms with Gasteiger partial charge in [-0.25, -0.2) is 0 Å². The van der Waals surface area contributed by atoms with Crippen LogP contribution >= 0.6 is 0 Å². The van der Waals surface area contributed by atoms with Gasteiger partial charge in [-0.2, -0.15) is 0 Å². The van der Waals surface area contributed by atoms with Gasteiger partial charge in [-0.1, -0.05) is 12.8 Å². The molecule has 2 atom stereocenters. The minimum absolute atomic E-state index is 0.172. The average molecular weight is 183 g/mol. The number of nitrogens with two attached hydrogens (primary N) is 1. The Morgan fingerprint density at radius 1 is 1.31 bits per heavy atom. The summed E-state index contributed by atoms with van der Waals surface area (Å²) in [5.41, 5.74) is 6.53. The molecule has 0 aromatic carbocycles. The van der Waals surface area contributed by atoms with Gasteiger partial charge in [0.05, 0.1) is 0 Å². The van der Waals surface area contributed by atoms with Crippen molar-refractivity contribution < 1.29 is 4.74 Å². The quantitative estimate of drug-likeness (QED) is 0.676. The maximum atomic E-state index is 6.36. The summed E-state index contributed by atoms with van der Waals surface area (Å²) in [7, 11) is 0. The molecule has 2 rings (SSSR count). The highest BCUT2D eigenvalue weighted by atomic mass is 16.5. The van der Waals surface area contributed by atoms with E-state index < -0.39 is 0 Å². The zero-order valence-corrected chi connectivity index (χ0v) is 8.59. The van der Waals surface area contributed by atoms with Gasteiger partial charge in [0, 0.05) is 18.8 Å². The second-order valence-corrected chi connectivity index (χ2v) is 4.56. The van der Waals surface area contributed by atoms with E-state index in [0.29, 0.717) is 0 Å². The number of hydrogen-bond acceptors (Lipinski definition) is 2. The van der Waals surface area contributed by atoms with Gasteiger partial charge in [0.2, 0.25) is 0 Å². The first-order valence-electron chi connectivity index (χ1n) is 5.65. The predicted octanol–water partition coefficient (Wildman–Crippen LogP) is 1.93. The number of rotatable bonds is 4. The van der Waals surface area contributed by atoms with Crippen molar-refractivity contribution in [3.05, 3.63) is 0 Å². The molecule has 0 radical (unpaired) electrons. The van der Waals surface area contributed by atoms with Crippen LogP contribution in [0.5, 0.6) is 0 Å². The smallest absolute Gasteiger partial charge is 0.0483 e. The first-order chi connectivity index (χ1) is 6.29. The van der Waals surface area contributed by atoms with Crippen LogP contribution in [0, 0.1) is 11.8 Å². The van der Waals surface area contributed by atoms with Crippen molar-refractivity contribution in [3.63, 3.8) is 0 Å². The highest BCUT2D eigenvalue weighted by molar-refractivity contribution is 5.16. The molecule has 0 aromatic rings. The van der Waals surface area contributed by atoms with Crippen molar-refractivity contribution in [2.45, 2.75) is 44.6 Å². The summed E-state index contributed by atoms with van der Waals surface area (Å²) < 4.78 is 5.38. The Hall–Kier alpha value is -0.0800. The fourth-order valence-electron chi connectivity index (χ4n) is 3.06. The molecule has 0 heterocycles. The monoisotopic (exact) mass is 183 g/mol. The summed E-state index contributed by atoms with van der Waals surface area (Å²) in [5, 5.41) is 0. The maximum absolute atomic E-state index is 6.36. The molecular formula is C11H21NO. The maximum Gasteiger partial charge on any atom is 0.0483 e. The molecule has 0 aromatic heterocycles. The molecule has 2 aliphatic carbocycles. The Morgan fingerprint density at radius 2 is 1.92 bits per heavy atom. The standard InChI is InChI=1S/C11H21NO/c1-2-13-8-7-11(12)9-5-3-4-6-10(9)11/h9-10H,2-8,12H2,1H3. The third-order valence-electron chi connectivity index (χ3n) is 3.92. The first kappa shape index (κ1) is 9.47. The van der Waals surface area contributed by atoms with Gasteiger partial charge in [-0.05, 0) is 38.0 Å². The van der Waals surface area contributed by atoms with Crippen LogP contribution in [0.3, 0.4) is 0 Å². The van der Waals surface area contributed by atoms with E-state index in [0.717, 1.165) is 31.5 Å². The fraction of sp³-hybridized carbons (Fsp3) is 1.00. The lowest BCUT2D eigenvalue weighted by Gasteiger charge is -2.10. The lowest BCUT2D eigenvalue weighted by molar-refractivity contribution is 0.135. The molecular weight excluding hydrogens is 162 g/mol. The molecule has 13 heavy (non-hydrogen) atoms. The highest BCUT2D eigenvalue weighted by Gasteiger charge is 2.61. The van der Waals surface area contributed by atoms with Crippen molar-refractivity contribution in [1.29, 1.82) is 0 Å². The molecule has 2 nitrogen and oxygen atoms in total. The highest BCUT2D eigenvalue weighted by Crippen LogP contribution is 2.58. The van der Waals surface area contributed by atoms with Crippen LogP contribution in [0.2, 0.25) is 0 Å². The van der Waals surface area contributed by atoms with Crippen LogP contribution in [0.25, 0.3) is 0 Å². The van der Waals surface area contributed by atoms with E-state index in [4.69, 9.17) is 10.5 Å². The minimum atomic E-state index is 0.172. The largest absolute Gasteiger partial charge is 0.382 e. The second kappa shape index (κ2) is 3.58. The van der Waals surface area contributed by atoms with Gasteiger partial charge < -0.3 is 10.5 Å². The van der Waals surface area contributed by atoms with E-state index in [-0.39, 0.29) is 5.54 Å². The van der Waals surface area contributed by atoms with Gasteiger partial charge >= 0.3 is 0 Å². The molecule has 0 amide bonds. The summed E-state index contributed by atoms with van der Waals surface area (Å²) in [6, 6.07) is 0. The van der Waals surface area contributed by atoms with Crippen LogP contribution in [0.1, 0.15) is 39.0 Å². The second-order valence-electron chi connectivity index (χ2n) is 4.56. The molecule has 76 valence electrons. The van der Waals surface area contributed by atoms with E-state index in [1.54, 1.807) is 0 Å². The average Bonchev–Trinajstić information content (AvgIpc) is 2.75. The molecule has 2 saturated carbocycles. The molecule has 0 aliphatic heterocycles. The van der Waals surface area contributed by atoms with E-state index >= 15 is 0 Å². The molecule has 2 aliphatic rings. The predicted molar refractivity (Wildman–Crippen MR) is 53.5 cm³/mol. The van der Waals surface area contributed by atoms with Crippen LogP contribution in [-0.2, 0) is 4.74 Å². The molecule has 0 bridgehead atoms. The van der Waals surface area contributed by atoms with E-state index in [1.165, 1.54) is 25.7 Å². The molecule has 0 spiro atoms. The zero-order valence-electron chi connectivity index (χ0n) is 8.59. The fourth-order valence-corrected chi connectivity index (χ4v) is 3.06. The summed E-state index contributed by atoms with van der Waals surface area (Å²) in [4.78, 5) is 0. The van der Waals surface area contributed by atoms with Crippen molar-refractivity contribution in [3.8, 4) is 0 Å². The summed E-state index contributed by atoms with van der Waals surface area (Å²) in [5.74, 6) is 1.67. The SMILES string of the molecule is CCOCCC1(N)C2CCCCC21.